The van der Waals surface area contributed by atoms with E-state index in [-0.39, 0.29) is 5.25 Å². The molecule has 1 aliphatic carbocycles. The molecule has 18 heavy (non-hydrogen) atoms. The highest BCUT2D eigenvalue weighted by Gasteiger charge is 2.29. The summed E-state index contributed by atoms with van der Waals surface area (Å²) in [5, 5.41) is 4.39. The molecule has 3 unspecified atom stereocenters. The van der Waals surface area contributed by atoms with Crippen LogP contribution in [0.4, 0.5) is 0 Å². The average Bonchev–Trinajstić information content (AvgIpc) is 2.85. The van der Waals surface area contributed by atoms with Crippen LogP contribution >= 0.6 is 11.6 Å². The number of hydrogen-bond acceptors (Lipinski definition) is 2. The van der Waals surface area contributed by atoms with Crippen LogP contribution in [0.15, 0.2) is 29.2 Å². The van der Waals surface area contributed by atoms with Crippen molar-refractivity contribution in [3.05, 3.63) is 29.3 Å². The first kappa shape index (κ1) is 14.0. The molecule has 100 valence electrons. The van der Waals surface area contributed by atoms with E-state index in [4.69, 9.17) is 11.6 Å². The second-order valence-electron chi connectivity index (χ2n) is 4.81. The molecule has 1 fully saturated rings. The maximum absolute atomic E-state index is 12.5. The Kier molecular flexibility index (Phi) is 5.22. The summed E-state index contributed by atoms with van der Waals surface area (Å²) in [6.07, 6.45) is 4.30. The highest BCUT2D eigenvalue weighted by Crippen LogP contribution is 2.30. The topological polar surface area (TPSA) is 29.1 Å². The van der Waals surface area contributed by atoms with Crippen molar-refractivity contribution < 1.29 is 4.21 Å². The van der Waals surface area contributed by atoms with Crippen LogP contribution in [0, 0.1) is 0 Å². The fourth-order valence-electron chi connectivity index (χ4n) is 2.46. The number of nitrogens with one attached hydrogen (secondary N) is 1. The van der Waals surface area contributed by atoms with E-state index in [1.807, 2.05) is 24.3 Å². The lowest BCUT2D eigenvalue weighted by molar-refractivity contribution is 0.523. The Hall–Kier alpha value is -0.380. The summed E-state index contributed by atoms with van der Waals surface area (Å²) in [5.74, 6) is 0. The van der Waals surface area contributed by atoms with E-state index in [9.17, 15) is 4.21 Å². The van der Waals surface area contributed by atoms with Crippen LogP contribution in [0.25, 0.3) is 0 Å². The van der Waals surface area contributed by atoms with Crippen molar-refractivity contribution in [3.8, 4) is 0 Å². The Morgan fingerprint density at radius 1 is 1.39 bits per heavy atom. The van der Waals surface area contributed by atoms with E-state index < -0.39 is 10.8 Å². The van der Waals surface area contributed by atoms with Gasteiger partial charge in [-0.15, -0.1) is 0 Å². The highest BCUT2D eigenvalue weighted by molar-refractivity contribution is 7.85. The molecular formula is C14H20ClNOS. The predicted octanol–water partition coefficient (Wildman–Crippen LogP) is 3.37. The molecule has 1 saturated carbocycles. The van der Waals surface area contributed by atoms with Gasteiger partial charge >= 0.3 is 0 Å². The summed E-state index contributed by atoms with van der Waals surface area (Å²) in [6.45, 7) is 3.22. The SMILES string of the molecule is CCCNC1CCC(S(=O)c2ccccc2Cl)C1. The Bertz CT molecular complexity index is 424. The third-order valence-corrected chi connectivity index (χ3v) is 5.69. The van der Waals surface area contributed by atoms with E-state index in [0.717, 1.165) is 37.1 Å². The second kappa shape index (κ2) is 6.69. The molecule has 0 heterocycles. The van der Waals surface area contributed by atoms with Gasteiger partial charge in [0.05, 0.1) is 20.7 Å². The molecule has 0 aliphatic heterocycles. The normalized spacial score (nSPS) is 25.2. The summed E-state index contributed by atoms with van der Waals surface area (Å²) < 4.78 is 12.5. The van der Waals surface area contributed by atoms with Crippen molar-refractivity contribution in [3.63, 3.8) is 0 Å². The summed E-state index contributed by atoms with van der Waals surface area (Å²) in [6, 6.07) is 8.01. The lowest BCUT2D eigenvalue weighted by Gasteiger charge is -2.13. The molecule has 0 radical (unpaired) electrons. The first-order valence-electron chi connectivity index (χ1n) is 6.61. The smallest absolute Gasteiger partial charge is 0.0577 e. The monoisotopic (exact) mass is 285 g/mol. The highest BCUT2D eigenvalue weighted by atomic mass is 35.5. The van der Waals surface area contributed by atoms with Crippen LogP contribution < -0.4 is 5.32 Å². The standard InChI is InChI=1S/C14H20ClNOS/c1-2-9-16-11-7-8-12(10-11)18(17)14-6-4-3-5-13(14)15/h3-6,11-12,16H,2,7-10H2,1H3. The van der Waals surface area contributed by atoms with Gasteiger partial charge in [0.2, 0.25) is 0 Å². The van der Waals surface area contributed by atoms with Gasteiger partial charge in [-0.25, -0.2) is 0 Å². The maximum atomic E-state index is 12.5. The molecule has 0 spiro atoms. The molecule has 1 aromatic rings. The molecule has 1 aromatic carbocycles. The Morgan fingerprint density at radius 2 is 2.17 bits per heavy atom. The zero-order valence-corrected chi connectivity index (χ0v) is 12.3. The van der Waals surface area contributed by atoms with E-state index in [1.165, 1.54) is 0 Å². The first-order chi connectivity index (χ1) is 8.72. The van der Waals surface area contributed by atoms with Crippen LogP contribution in [-0.4, -0.2) is 22.0 Å². The van der Waals surface area contributed by atoms with Crippen LogP contribution in [0.2, 0.25) is 5.02 Å². The fourth-order valence-corrected chi connectivity index (χ4v) is 4.41. The fraction of sp³-hybridized carbons (Fsp3) is 0.571. The number of benzene rings is 1. The molecular weight excluding hydrogens is 266 g/mol. The number of hydrogen-bond donors (Lipinski definition) is 1. The second-order valence-corrected chi connectivity index (χ2v) is 6.92. The van der Waals surface area contributed by atoms with E-state index in [0.29, 0.717) is 11.1 Å². The molecule has 0 saturated heterocycles. The minimum atomic E-state index is -0.968. The van der Waals surface area contributed by atoms with Gasteiger partial charge in [0.25, 0.3) is 0 Å². The van der Waals surface area contributed by atoms with Gasteiger partial charge < -0.3 is 5.32 Å². The van der Waals surface area contributed by atoms with Crippen LogP contribution in [0.1, 0.15) is 32.6 Å². The van der Waals surface area contributed by atoms with Crippen LogP contribution in [-0.2, 0) is 10.8 Å². The third-order valence-electron chi connectivity index (χ3n) is 3.42. The van der Waals surface area contributed by atoms with Gasteiger partial charge in [0.15, 0.2) is 0 Å². The Labute approximate surface area is 117 Å². The van der Waals surface area contributed by atoms with Crippen molar-refractivity contribution >= 4 is 22.4 Å². The van der Waals surface area contributed by atoms with Crippen LogP contribution in [0.5, 0.6) is 0 Å². The maximum Gasteiger partial charge on any atom is 0.0577 e. The van der Waals surface area contributed by atoms with Gasteiger partial charge in [-0.05, 0) is 44.4 Å². The van der Waals surface area contributed by atoms with Gasteiger partial charge in [0.1, 0.15) is 0 Å². The van der Waals surface area contributed by atoms with Crippen LogP contribution in [0.3, 0.4) is 0 Å². The van der Waals surface area contributed by atoms with Crippen molar-refractivity contribution in [2.24, 2.45) is 0 Å². The van der Waals surface area contributed by atoms with Gasteiger partial charge in [-0.1, -0.05) is 30.7 Å². The molecule has 3 atom stereocenters. The van der Waals surface area contributed by atoms with E-state index >= 15 is 0 Å². The number of rotatable bonds is 5. The summed E-state index contributed by atoms with van der Waals surface area (Å²) in [5.41, 5.74) is 0. The van der Waals surface area contributed by atoms with Gasteiger partial charge in [0, 0.05) is 11.3 Å². The van der Waals surface area contributed by atoms with Gasteiger partial charge in [-0.2, -0.15) is 0 Å². The predicted molar refractivity (Wildman–Crippen MR) is 77.6 cm³/mol. The molecule has 0 amide bonds. The largest absolute Gasteiger partial charge is 0.314 e. The molecule has 1 N–H and O–H groups in total. The van der Waals surface area contributed by atoms with Crippen molar-refractivity contribution in [1.82, 2.24) is 5.32 Å². The quantitative estimate of drug-likeness (QED) is 0.899. The Balaban J connectivity index is 1.97. The van der Waals surface area contributed by atoms with Crippen molar-refractivity contribution in [1.29, 1.82) is 0 Å². The summed E-state index contributed by atoms with van der Waals surface area (Å²) in [4.78, 5) is 0.792. The zero-order valence-electron chi connectivity index (χ0n) is 10.7. The molecule has 1 aliphatic rings. The van der Waals surface area contributed by atoms with E-state index in [2.05, 4.69) is 12.2 Å². The van der Waals surface area contributed by atoms with E-state index in [1.54, 1.807) is 0 Å². The average molecular weight is 286 g/mol. The lowest BCUT2D eigenvalue weighted by Crippen LogP contribution is -2.28. The first-order valence-corrected chi connectivity index (χ1v) is 8.20. The van der Waals surface area contributed by atoms with Crippen molar-refractivity contribution in [2.75, 3.05) is 6.54 Å². The van der Waals surface area contributed by atoms with Crippen molar-refractivity contribution in [2.45, 2.75) is 48.8 Å². The molecule has 0 aromatic heterocycles. The minimum Gasteiger partial charge on any atom is -0.314 e. The molecule has 2 nitrogen and oxygen atoms in total. The minimum absolute atomic E-state index is 0.249. The zero-order chi connectivity index (χ0) is 13.0. The Morgan fingerprint density at radius 3 is 2.89 bits per heavy atom. The molecule has 0 bridgehead atoms. The molecule has 2 rings (SSSR count). The lowest BCUT2D eigenvalue weighted by atomic mass is 10.2. The summed E-state index contributed by atoms with van der Waals surface area (Å²) in [7, 11) is -0.968. The van der Waals surface area contributed by atoms with Gasteiger partial charge in [-0.3, -0.25) is 4.21 Å². The number of halogens is 1. The summed E-state index contributed by atoms with van der Waals surface area (Å²) >= 11 is 6.11. The third kappa shape index (κ3) is 3.34. The molecule has 4 heteroatoms.